The van der Waals surface area contributed by atoms with Crippen LogP contribution >= 0.6 is 0 Å². The van der Waals surface area contributed by atoms with Gasteiger partial charge in [0.2, 0.25) is 0 Å². The van der Waals surface area contributed by atoms with Gasteiger partial charge in [-0.05, 0) is 81.2 Å². The van der Waals surface area contributed by atoms with Gasteiger partial charge >= 0.3 is 6.01 Å². The van der Waals surface area contributed by atoms with Gasteiger partial charge in [-0.25, -0.2) is 8.78 Å². The molecule has 0 amide bonds. The Kier molecular flexibility index (Phi) is 7.46. The SMILES string of the molecule is CN=CC1CCCN(c2nc(OC[C@@]34CCCN3C[C@H](F)C4)nc3c(F)c(N4CCCc5ccccc54)ccc23)CC1. The monoisotopic (exact) mass is 574 g/mol. The number of aryl methyl sites for hydroxylation is 1. The van der Waals surface area contributed by atoms with Crippen molar-refractivity contribution in [3.63, 3.8) is 0 Å². The Hall–Kier alpha value is -3.33. The summed E-state index contributed by atoms with van der Waals surface area (Å²) in [5.74, 6) is 0.785. The van der Waals surface area contributed by atoms with Gasteiger partial charge in [0.05, 0.1) is 11.2 Å². The van der Waals surface area contributed by atoms with Crippen molar-refractivity contribution in [3.8, 4) is 6.01 Å². The molecule has 0 spiro atoms. The molecule has 3 aromatic rings. The molecule has 0 saturated carbocycles. The molecular weight excluding hydrogens is 534 g/mol. The maximum Gasteiger partial charge on any atom is 0.319 e. The van der Waals surface area contributed by atoms with Gasteiger partial charge in [-0.15, -0.1) is 0 Å². The first-order valence-corrected chi connectivity index (χ1v) is 15.6. The number of rotatable bonds is 6. The number of anilines is 3. The summed E-state index contributed by atoms with van der Waals surface area (Å²) in [6.45, 7) is 4.03. The van der Waals surface area contributed by atoms with E-state index in [-0.39, 0.29) is 22.9 Å². The lowest BCUT2D eigenvalue weighted by molar-refractivity contribution is 0.107. The fourth-order valence-electron chi connectivity index (χ4n) is 7.75. The minimum atomic E-state index is -0.842. The van der Waals surface area contributed by atoms with Crippen molar-refractivity contribution >= 4 is 34.3 Å². The van der Waals surface area contributed by atoms with E-state index in [2.05, 4.69) is 31.8 Å². The molecule has 7 rings (SSSR count). The lowest BCUT2D eigenvalue weighted by Crippen LogP contribution is -2.43. The van der Waals surface area contributed by atoms with Crippen LogP contribution in [-0.4, -0.2) is 79.2 Å². The van der Waals surface area contributed by atoms with E-state index in [9.17, 15) is 4.39 Å². The highest BCUT2D eigenvalue weighted by atomic mass is 19.1. The predicted molar refractivity (Wildman–Crippen MR) is 164 cm³/mol. The molecule has 0 N–H and O–H groups in total. The number of aliphatic imine (C=N–C) groups is 1. The fourth-order valence-corrected chi connectivity index (χ4v) is 7.75. The summed E-state index contributed by atoms with van der Waals surface area (Å²) >= 11 is 0. The van der Waals surface area contributed by atoms with Crippen molar-refractivity contribution in [2.24, 2.45) is 10.9 Å². The molecule has 42 heavy (non-hydrogen) atoms. The van der Waals surface area contributed by atoms with Gasteiger partial charge in [0.15, 0.2) is 5.82 Å². The van der Waals surface area contributed by atoms with Gasteiger partial charge in [-0.3, -0.25) is 4.90 Å². The highest BCUT2D eigenvalue weighted by Gasteiger charge is 2.49. The molecule has 1 unspecified atom stereocenters. The van der Waals surface area contributed by atoms with E-state index in [0.717, 1.165) is 76.8 Å². The number of aromatic nitrogens is 2. The van der Waals surface area contributed by atoms with E-state index in [4.69, 9.17) is 14.7 Å². The second-order valence-corrected chi connectivity index (χ2v) is 12.5. The Morgan fingerprint density at radius 2 is 1.93 bits per heavy atom. The summed E-state index contributed by atoms with van der Waals surface area (Å²) < 4.78 is 37.4. The topological polar surface area (TPSA) is 57.1 Å². The standard InChI is InChI=1S/C33H40F2N6O/c1-36-20-23-7-4-15-39(18-13-23)31-26-11-12-28(41-17-5-9-24-8-2-3-10-27(24)41)29(35)30(26)37-32(38-31)42-22-33-14-6-16-40(33)21-25(34)19-33/h2-3,8,10-12,20,23,25H,4-7,9,13-19,21-22H2,1H3/t23?,25-,33+/m1/s1. The average Bonchev–Trinajstić information content (AvgIpc) is 3.42. The Morgan fingerprint density at radius 1 is 1.02 bits per heavy atom. The second-order valence-electron chi connectivity index (χ2n) is 12.5. The van der Waals surface area contributed by atoms with Crippen LogP contribution in [0.5, 0.6) is 6.01 Å². The number of fused-ring (bicyclic) bond motifs is 3. The molecule has 3 fully saturated rings. The van der Waals surface area contributed by atoms with Gasteiger partial charge in [-0.2, -0.15) is 9.97 Å². The van der Waals surface area contributed by atoms with Gasteiger partial charge < -0.3 is 19.5 Å². The van der Waals surface area contributed by atoms with Crippen LogP contribution < -0.4 is 14.5 Å². The molecule has 1 aromatic heterocycles. The molecule has 0 bridgehead atoms. The summed E-state index contributed by atoms with van der Waals surface area (Å²) in [6, 6.07) is 12.3. The minimum absolute atomic E-state index is 0.173. The van der Waals surface area contributed by atoms with E-state index in [0.29, 0.717) is 42.4 Å². The van der Waals surface area contributed by atoms with Gasteiger partial charge in [0.1, 0.15) is 24.1 Å². The van der Waals surface area contributed by atoms with Crippen LogP contribution in [0.1, 0.15) is 50.5 Å². The summed E-state index contributed by atoms with van der Waals surface area (Å²) in [4.78, 5) is 20.4. The van der Waals surface area contributed by atoms with Crippen LogP contribution in [0.2, 0.25) is 0 Å². The Balaban J connectivity index is 1.28. The number of halogens is 2. The molecule has 4 aliphatic heterocycles. The van der Waals surface area contributed by atoms with E-state index >= 15 is 4.39 Å². The maximum atomic E-state index is 16.6. The van der Waals surface area contributed by atoms with Gasteiger partial charge in [0.25, 0.3) is 0 Å². The van der Waals surface area contributed by atoms with Crippen LogP contribution in [0.15, 0.2) is 41.4 Å². The average molecular weight is 575 g/mol. The van der Waals surface area contributed by atoms with Crippen LogP contribution in [0.3, 0.4) is 0 Å². The minimum Gasteiger partial charge on any atom is -0.461 e. The quantitative estimate of drug-likeness (QED) is 0.331. The van der Waals surface area contributed by atoms with Gasteiger partial charge in [-0.1, -0.05) is 18.2 Å². The number of hydrogen-bond donors (Lipinski definition) is 0. The first-order valence-electron chi connectivity index (χ1n) is 15.6. The number of hydrogen-bond acceptors (Lipinski definition) is 7. The highest BCUT2D eigenvalue weighted by Crippen LogP contribution is 2.42. The van der Waals surface area contributed by atoms with Crippen LogP contribution in [0.4, 0.5) is 26.0 Å². The summed E-state index contributed by atoms with van der Waals surface area (Å²) in [5.41, 5.74) is 2.75. The number of alkyl halides is 1. The zero-order chi connectivity index (χ0) is 28.7. The van der Waals surface area contributed by atoms with Crippen molar-refractivity contribution in [1.82, 2.24) is 14.9 Å². The molecule has 4 aliphatic rings. The Bertz CT molecular complexity index is 1480. The largest absolute Gasteiger partial charge is 0.461 e. The van der Waals surface area contributed by atoms with Crippen molar-refractivity contribution in [2.75, 3.05) is 56.2 Å². The molecule has 9 heteroatoms. The van der Waals surface area contributed by atoms with Gasteiger partial charge in [0, 0.05) is 56.9 Å². The molecular formula is C33H40F2N6O. The second kappa shape index (κ2) is 11.4. The first-order chi connectivity index (χ1) is 20.5. The zero-order valence-corrected chi connectivity index (χ0v) is 24.4. The first kappa shape index (κ1) is 27.5. The zero-order valence-electron chi connectivity index (χ0n) is 24.4. The number of benzene rings is 2. The third-order valence-electron chi connectivity index (χ3n) is 9.81. The van der Waals surface area contributed by atoms with E-state index < -0.39 is 6.17 Å². The third kappa shape index (κ3) is 4.99. The normalized spacial score (nSPS) is 26.5. The summed E-state index contributed by atoms with van der Waals surface area (Å²) in [7, 11) is 1.83. The lowest BCUT2D eigenvalue weighted by atomic mass is 9.95. The number of para-hydroxylation sites is 1. The van der Waals surface area contributed by atoms with Crippen LogP contribution in [0, 0.1) is 11.7 Å². The number of nitrogens with zero attached hydrogens (tertiary/aromatic N) is 6. The highest BCUT2D eigenvalue weighted by molar-refractivity contribution is 5.93. The molecule has 5 heterocycles. The predicted octanol–water partition coefficient (Wildman–Crippen LogP) is 6.12. The van der Waals surface area contributed by atoms with Crippen LogP contribution in [-0.2, 0) is 6.42 Å². The Morgan fingerprint density at radius 3 is 2.83 bits per heavy atom. The van der Waals surface area contributed by atoms with E-state index in [1.54, 1.807) is 0 Å². The molecule has 2 aromatic carbocycles. The molecule has 3 saturated heterocycles. The van der Waals surface area contributed by atoms with Crippen molar-refractivity contribution in [3.05, 3.63) is 47.8 Å². The molecule has 7 nitrogen and oxygen atoms in total. The van der Waals surface area contributed by atoms with Crippen molar-refractivity contribution < 1.29 is 13.5 Å². The maximum absolute atomic E-state index is 16.6. The summed E-state index contributed by atoms with van der Waals surface area (Å²) in [5, 5.41) is 0.696. The van der Waals surface area contributed by atoms with Crippen molar-refractivity contribution in [1.29, 1.82) is 0 Å². The Labute approximate surface area is 246 Å². The van der Waals surface area contributed by atoms with E-state index in [1.807, 2.05) is 37.5 Å². The number of ether oxygens (including phenoxy) is 1. The van der Waals surface area contributed by atoms with Crippen molar-refractivity contribution in [2.45, 2.75) is 63.1 Å². The van der Waals surface area contributed by atoms with Crippen LogP contribution in [0.25, 0.3) is 10.9 Å². The molecule has 0 radical (unpaired) electrons. The van der Waals surface area contributed by atoms with E-state index in [1.165, 1.54) is 5.56 Å². The fraction of sp³-hybridized carbons (Fsp3) is 0.545. The summed E-state index contributed by atoms with van der Waals surface area (Å²) in [6.07, 6.45) is 8.57. The molecule has 3 atom stereocenters. The smallest absolute Gasteiger partial charge is 0.319 e. The molecule has 0 aliphatic carbocycles. The lowest BCUT2D eigenvalue weighted by Gasteiger charge is -2.32. The molecule has 222 valence electrons. The third-order valence-corrected chi connectivity index (χ3v) is 9.81.